The average Bonchev–Trinajstić information content (AvgIpc) is 2.44. The van der Waals surface area contributed by atoms with Crippen LogP contribution >= 0.6 is 0 Å². The molecule has 0 spiro atoms. The number of anilines is 1. The number of benzene rings is 1. The highest BCUT2D eigenvalue weighted by atomic mass is 19.1. The third kappa shape index (κ3) is 3.23. The Bertz CT molecular complexity index is 602. The summed E-state index contributed by atoms with van der Waals surface area (Å²) in [5, 5.41) is 3.21. The Morgan fingerprint density at radius 1 is 1.25 bits per heavy atom. The van der Waals surface area contributed by atoms with Gasteiger partial charge in [0.25, 0.3) is 0 Å². The van der Waals surface area contributed by atoms with Crippen LogP contribution in [0.5, 0.6) is 11.6 Å². The third-order valence-electron chi connectivity index (χ3n) is 2.94. The first-order valence-corrected chi connectivity index (χ1v) is 6.61. The second kappa shape index (κ2) is 6.32. The summed E-state index contributed by atoms with van der Waals surface area (Å²) in [5.74, 6) is 1.31. The molecule has 0 aliphatic rings. The van der Waals surface area contributed by atoms with Gasteiger partial charge in [0.2, 0.25) is 5.88 Å². The minimum atomic E-state index is -0.332. The normalized spacial score (nSPS) is 10.4. The van der Waals surface area contributed by atoms with Crippen LogP contribution in [0.15, 0.2) is 24.5 Å². The number of hydrogen-bond acceptors (Lipinski definition) is 4. The van der Waals surface area contributed by atoms with Crippen molar-refractivity contribution in [2.75, 3.05) is 11.9 Å². The van der Waals surface area contributed by atoms with Crippen molar-refractivity contribution < 1.29 is 9.13 Å². The molecule has 0 saturated heterocycles. The molecule has 2 rings (SSSR count). The molecule has 2 aromatic rings. The van der Waals surface area contributed by atoms with E-state index in [2.05, 4.69) is 22.2 Å². The Labute approximate surface area is 118 Å². The van der Waals surface area contributed by atoms with E-state index in [4.69, 9.17) is 4.74 Å². The van der Waals surface area contributed by atoms with E-state index >= 15 is 0 Å². The van der Waals surface area contributed by atoms with Gasteiger partial charge in [-0.15, -0.1) is 0 Å². The Morgan fingerprint density at radius 3 is 2.80 bits per heavy atom. The molecular formula is C15H18FN3O. The predicted octanol–water partition coefficient (Wildman–Crippen LogP) is 3.85. The molecule has 0 radical (unpaired) electrons. The molecule has 4 nitrogen and oxygen atoms in total. The lowest BCUT2D eigenvalue weighted by atomic mass is 10.2. The summed E-state index contributed by atoms with van der Waals surface area (Å²) in [5.41, 5.74) is 1.66. The van der Waals surface area contributed by atoms with Gasteiger partial charge < -0.3 is 10.1 Å². The number of aryl methyl sites for hydroxylation is 1. The fourth-order valence-corrected chi connectivity index (χ4v) is 1.75. The van der Waals surface area contributed by atoms with Crippen LogP contribution in [-0.2, 0) is 0 Å². The van der Waals surface area contributed by atoms with Crippen molar-refractivity contribution in [3.8, 4) is 11.6 Å². The first-order valence-electron chi connectivity index (χ1n) is 6.61. The van der Waals surface area contributed by atoms with Gasteiger partial charge in [-0.1, -0.05) is 13.0 Å². The maximum Gasteiger partial charge on any atom is 0.227 e. The standard InChI is InChI=1S/C15H18FN3O/c1-4-7-17-14-11(3)15(19-9-18-14)20-13-8-12(16)6-5-10(13)2/h5-6,8-9H,4,7H2,1-3H3,(H,17,18,19). The van der Waals surface area contributed by atoms with E-state index in [1.54, 1.807) is 6.07 Å². The zero-order valence-electron chi connectivity index (χ0n) is 11.9. The lowest BCUT2D eigenvalue weighted by Crippen LogP contribution is -2.05. The van der Waals surface area contributed by atoms with Gasteiger partial charge in [0.15, 0.2) is 0 Å². The molecule has 0 aliphatic heterocycles. The molecule has 5 heteroatoms. The summed E-state index contributed by atoms with van der Waals surface area (Å²) in [4.78, 5) is 8.30. The highest BCUT2D eigenvalue weighted by Crippen LogP contribution is 2.28. The van der Waals surface area contributed by atoms with Crippen molar-refractivity contribution in [3.63, 3.8) is 0 Å². The van der Waals surface area contributed by atoms with Crippen molar-refractivity contribution in [1.82, 2.24) is 9.97 Å². The van der Waals surface area contributed by atoms with Gasteiger partial charge in [0.1, 0.15) is 23.7 Å². The van der Waals surface area contributed by atoms with Gasteiger partial charge in [0, 0.05) is 12.6 Å². The Hall–Kier alpha value is -2.17. The van der Waals surface area contributed by atoms with Crippen molar-refractivity contribution in [2.24, 2.45) is 0 Å². The smallest absolute Gasteiger partial charge is 0.227 e. The molecular weight excluding hydrogens is 257 g/mol. The molecule has 0 fully saturated rings. The van der Waals surface area contributed by atoms with Crippen LogP contribution in [0.3, 0.4) is 0 Å². The summed E-state index contributed by atoms with van der Waals surface area (Å²) in [6.07, 6.45) is 2.44. The largest absolute Gasteiger partial charge is 0.438 e. The number of nitrogens with one attached hydrogen (secondary N) is 1. The number of halogens is 1. The molecule has 1 aromatic heterocycles. The highest BCUT2D eigenvalue weighted by molar-refractivity contribution is 5.49. The Kier molecular flexibility index (Phi) is 4.50. The SMILES string of the molecule is CCCNc1ncnc(Oc2cc(F)ccc2C)c1C. The maximum atomic E-state index is 13.3. The van der Waals surface area contributed by atoms with Gasteiger partial charge in [-0.2, -0.15) is 0 Å². The quantitative estimate of drug-likeness (QED) is 0.900. The fourth-order valence-electron chi connectivity index (χ4n) is 1.75. The number of hydrogen-bond donors (Lipinski definition) is 1. The van der Waals surface area contributed by atoms with Crippen LogP contribution in [-0.4, -0.2) is 16.5 Å². The Balaban J connectivity index is 2.27. The fraction of sp³-hybridized carbons (Fsp3) is 0.333. The molecule has 0 atom stereocenters. The first kappa shape index (κ1) is 14.2. The molecule has 0 bridgehead atoms. The molecule has 1 aromatic carbocycles. The zero-order chi connectivity index (χ0) is 14.5. The first-order chi connectivity index (χ1) is 9.61. The van der Waals surface area contributed by atoms with Crippen molar-refractivity contribution in [2.45, 2.75) is 27.2 Å². The number of rotatable bonds is 5. The van der Waals surface area contributed by atoms with Crippen LogP contribution in [0.1, 0.15) is 24.5 Å². The average molecular weight is 275 g/mol. The summed E-state index contributed by atoms with van der Waals surface area (Å²) in [6, 6.07) is 4.44. The van der Waals surface area contributed by atoms with E-state index < -0.39 is 0 Å². The van der Waals surface area contributed by atoms with Gasteiger partial charge >= 0.3 is 0 Å². The van der Waals surface area contributed by atoms with Gasteiger partial charge in [0.05, 0.1) is 5.56 Å². The number of ether oxygens (including phenoxy) is 1. The van der Waals surface area contributed by atoms with Gasteiger partial charge in [-0.3, -0.25) is 0 Å². The van der Waals surface area contributed by atoms with Crippen molar-refractivity contribution in [3.05, 3.63) is 41.5 Å². The Morgan fingerprint density at radius 2 is 2.05 bits per heavy atom. The van der Waals surface area contributed by atoms with Crippen molar-refractivity contribution in [1.29, 1.82) is 0 Å². The second-order valence-corrected chi connectivity index (χ2v) is 4.59. The second-order valence-electron chi connectivity index (χ2n) is 4.59. The van der Waals surface area contributed by atoms with Crippen LogP contribution in [0.4, 0.5) is 10.2 Å². The maximum absolute atomic E-state index is 13.3. The molecule has 0 unspecified atom stereocenters. The van der Waals surface area contributed by atoms with Crippen molar-refractivity contribution >= 4 is 5.82 Å². The molecule has 20 heavy (non-hydrogen) atoms. The number of nitrogens with zero attached hydrogens (tertiary/aromatic N) is 2. The highest BCUT2D eigenvalue weighted by Gasteiger charge is 2.10. The lowest BCUT2D eigenvalue weighted by Gasteiger charge is -2.12. The van der Waals surface area contributed by atoms with Crippen LogP contribution in [0.2, 0.25) is 0 Å². The van der Waals surface area contributed by atoms with E-state index in [1.807, 2.05) is 13.8 Å². The molecule has 1 N–H and O–H groups in total. The third-order valence-corrected chi connectivity index (χ3v) is 2.94. The minimum Gasteiger partial charge on any atom is -0.438 e. The van der Waals surface area contributed by atoms with Crippen LogP contribution < -0.4 is 10.1 Å². The monoisotopic (exact) mass is 275 g/mol. The zero-order valence-corrected chi connectivity index (χ0v) is 11.9. The summed E-state index contributed by atoms with van der Waals surface area (Å²) in [7, 11) is 0. The molecule has 0 amide bonds. The molecule has 0 saturated carbocycles. The van der Waals surface area contributed by atoms with E-state index in [-0.39, 0.29) is 5.82 Å². The summed E-state index contributed by atoms with van der Waals surface area (Å²) >= 11 is 0. The molecule has 0 aliphatic carbocycles. The van der Waals surface area contributed by atoms with E-state index in [0.29, 0.717) is 11.6 Å². The topological polar surface area (TPSA) is 47.0 Å². The van der Waals surface area contributed by atoms with E-state index in [9.17, 15) is 4.39 Å². The molecule has 1 heterocycles. The minimum absolute atomic E-state index is 0.332. The van der Waals surface area contributed by atoms with E-state index in [1.165, 1.54) is 18.5 Å². The van der Waals surface area contributed by atoms with Gasteiger partial charge in [-0.25, -0.2) is 14.4 Å². The summed E-state index contributed by atoms with van der Waals surface area (Å²) in [6.45, 7) is 6.65. The van der Waals surface area contributed by atoms with Gasteiger partial charge in [-0.05, 0) is 31.9 Å². The lowest BCUT2D eigenvalue weighted by molar-refractivity contribution is 0.449. The predicted molar refractivity (Wildman–Crippen MR) is 76.8 cm³/mol. The van der Waals surface area contributed by atoms with E-state index in [0.717, 1.165) is 29.9 Å². The van der Waals surface area contributed by atoms with Crippen LogP contribution in [0.25, 0.3) is 0 Å². The van der Waals surface area contributed by atoms with Crippen LogP contribution in [0, 0.1) is 19.7 Å². The molecule has 106 valence electrons. The number of aromatic nitrogens is 2. The summed E-state index contributed by atoms with van der Waals surface area (Å²) < 4.78 is 19.0.